The van der Waals surface area contributed by atoms with Gasteiger partial charge < -0.3 is 14.3 Å². The maximum Gasteiger partial charge on any atom is 0.226 e. The molecule has 3 heterocycles. The smallest absolute Gasteiger partial charge is 0.226 e. The normalized spacial score (nSPS) is 25.2. The van der Waals surface area contributed by atoms with Gasteiger partial charge in [0.2, 0.25) is 11.8 Å². The lowest BCUT2D eigenvalue weighted by Crippen LogP contribution is -2.46. The number of hydrogen-bond donors (Lipinski definition) is 0. The van der Waals surface area contributed by atoms with Crippen molar-refractivity contribution >= 4 is 11.8 Å². The quantitative estimate of drug-likeness (QED) is 0.845. The fourth-order valence-corrected chi connectivity index (χ4v) is 4.36. The van der Waals surface area contributed by atoms with Crippen LogP contribution < -0.4 is 0 Å². The summed E-state index contributed by atoms with van der Waals surface area (Å²) in [6, 6.07) is 1.97. The molecule has 25 heavy (non-hydrogen) atoms. The molecule has 6 nitrogen and oxygen atoms in total. The molecule has 0 N–H and O–H groups in total. The molecule has 3 aliphatic rings. The molecule has 1 saturated carbocycles. The van der Waals surface area contributed by atoms with Gasteiger partial charge in [-0.25, -0.2) is 0 Å². The summed E-state index contributed by atoms with van der Waals surface area (Å²) in [5.41, 5.74) is 0.858. The molecule has 1 atom stereocenters. The molecule has 0 aromatic carbocycles. The summed E-state index contributed by atoms with van der Waals surface area (Å²) in [7, 11) is 0. The van der Waals surface area contributed by atoms with Crippen molar-refractivity contribution in [2.24, 2.45) is 11.8 Å². The van der Waals surface area contributed by atoms with E-state index in [2.05, 4.69) is 5.16 Å². The third-order valence-corrected chi connectivity index (χ3v) is 6.12. The number of carbonyl (C=O) groups is 2. The highest BCUT2D eigenvalue weighted by Gasteiger charge is 2.38. The standard InChI is InChI=1S/C19H27N3O3/c1-13-12-17(25-20-13)16-6-3-9-22(16)19(24)15-7-10-21(11-8-15)18(23)14-4-2-5-14/h12,14-16H,2-11H2,1H3/t16-/m1/s1. The molecule has 1 aromatic heterocycles. The van der Waals surface area contributed by atoms with Crippen molar-refractivity contribution in [2.75, 3.05) is 19.6 Å². The summed E-state index contributed by atoms with van der Waals surface area (Å²) >= 11 is 0. The third-order valence-electron chi connectivity index (χ3n) is 6.12. The number of hydrogen-bond acceptors (Lipinski definition) is 4. The van der Waals surface area contributed by atoms with Crippen molar-refractivity contribution in [1.82, 2.24) is 15.0 Å². The average Bonchev–Trinajstić information content (AvgIpc) is 3.21. The Kier molecular flexibility index (Phi) is 4.52. The molecule has 3 fully saturated rings. The van der Waals surface area contributed by atoms with E-state index in [1.807, 2.05) is 22.8 Å². The van der Waals surface area contributed by atoms with Crippen LogP contribution in [0.15, 0.2) is 10.6 Å². The Bertz CT molecular complexity index is 644. The third kappa shape index (κ3) is 3.18. The Morgan fingerprint density at radius 2 is 1.72 bits per heavy atom. The molecule has 2 saturated heterocycles. The van der Waals surface area contributed by atoms with Gasteiger partial charge >= 0.3 is 0 Å². The number of nitrogens with zero attached hydrogens (tertiary/aromatic N) is 3. The topological polar surface area (TPSA) is 66.7 Å². The lowest BCUT2D eigenvalue weighted by Gasteiger charge is -2.37. The number of likely N-dealkylation sites (tertiary alicyclic amines) is 2. The lowest BCUT2D eigenvalue weighted by atomic mass is 9.83. The fourth-order valence-electron chi connectivity index (χ4n) is 4.36. The first kappa shape index (κ1) is 16.6. The molecule has 2 amide bonds. The van der Waals surface area contributed by atoms with Gasteiger partial charge in [-0.2, -0.15) is 0 Å². The fraction of sp³-hybridized carbons (Fsp3) is 0.737. The highest BCUT2D eigenvalue weighted by Crippen LogP contribution is 2.35. The molecule has 0 spiro atoms. The molecule has 1 aliphatic carbocycles. The summed E-state index contributed by atoms with van der Waals surface area (Å²) in [5, 5.41) is 3.97. The van der Waals surface area contributed by atoms with Crippen LogP contribution in [0.2, 0.25) is 0 Å². The Labute approximate surface area is 148 Å². The van der Waals surface area contributed by atoms with E-state index in [1.165, 1.54) is 6.42 Å². The van der Waals surface area contributed by atoms with Gasteiger partial charge in [-0.05, 0) is 45.4 Å². The monoisotopic (exact) mass is 345 g/mol. The van der Waals surface area contributed by atoms with Crippen molar-refractivity contribution in [3.05, 3.63) is 17.5 Å². The molecular weight excluding hydrogens is 318 g/mol. The second-order valence-electron chi connectivity index (χ2n) is 7.79. The zero-order valence-corrected chi connectivity index (χ0v) is 14.9. The zero-order chi connectivity index (χ0) is 17.4. The number of carbonyl (C=O) groups excluding carboxylic acids is 2. The Morgan fingerprint density at radius 3 is 2.32 bits per heavy atom. The zero-order valence-electron chi connectivity index (χ0n) is 14.9. The van der Waals surface area contributed by atoms with Gasteiger partial charge in [0.15, 0.2) is 5.76 Å². The van der Waals surface area contributed by atoms with Gasteiger partial charge in [-0.1, -0.05) is 11.6 Å². The van der Waals surface area contributed by atoms with Gasteiger partial charge in [-0.3, -0.25) is 9.59 Å². The van der Waals surface area contributed by atoms with Gasteiger partial charge in [0, 0.05) is 37.5 Å². The van der Waals surface area contributed by atoms with Crippen LogP contribution in [0, 0.1) is 18.8 Å². The number of amides is 2. The average molecular weight is 345 g/mol. The molecule has 0 bridgehead atoms. The van der Waals surface area contributed by atoms with Crippen LogP contribution in [0.3, 0.4) is 0 Å². The van der Waals surface area contributed by atoms with Crippen LogP contribution in [-0.4, -0.2) is 46.4 Å². The maximum absolute atomic E-state index is 13.0. The van der Waals surface area contributed by atoms with Crippen molar-refractivity contribution in [1.29, 1.82) is 0 Å². The second-order valence-corrected chi connectivity index (χ2v) is 7.79. The summed E-state index contributed by atoms with van der Waals surface area (Å²) in [5.74, 6) is 1.64. The van der Waals surface area contributed by atoms with Crippen molar-refractivity contribution < 1.29 is 14.1 Å². The minimum absolute atomic E-state index is 0.0309. The van der Waals surface area contributed by atoms with Crippen LogP contribution in [-0.2, 0) is 9.59 Å². The Balaban J connectivity index is 1.36. The molecule has 2 aliphatic heterocycles. The maximum atomic E-state index is 13.0. The van der Waals surface area contributed by atoms with Crippen LogP contribution in [0.1, 0.15) is 62.4 Å². The first-order valence-electron chi connectivity index (χ1n) is 9.66. The van der Waals surface area contributed by atoms with E-state index >= 15 is 0 Å². The van der Waals surface area contributed by atoms with Crippen LogP contribution in [0.25, 0.3) is 0 Å². The highest BCUT2D eigenvalue weighted by atomic mass is 16.5. The SMILES string of the molecule is Cc1cc([C@H]2CCCN2C(=O)C2CCN(C(=O)C3CCC3)CC2)on1. The van der Waals surface area contributed by atoms with Crippen molar-refractivity contribution in [3.63, 3.8) is 0 Å². The van der Waals surface area contributed by atoms with Crippen molar-refractivity contribution in [3.8, 4) is 0 Å². The number of rotatable bonds is 3. The predicted molar refractivity (Wildman–Crippen MR) is 91.6 cm³/mol. The van der Waals surface area contributed by atoms with Crippen LogP contribution >= 0.6 is 0 Å². The van der Waals surface area contributed by atoms with E-state index in [-0.39, 0.29) is 23.8 Å². The van der Waals surface area contributed by atoms with Gasteiger partial charge in [0.1, 0.15) is 0 Å². The van der Waals surface area contributed by atoms with E-state index < -0.39 is 0 Å². The first-order chi connectivity index (χ1) is 12.1. The summed E-state index contributed by atoms with van der Waals surface area (Å²) in [6.45, 7) is 4.16. The molecule has 4 rings (SSSR count). The number of aromatic nitrogens is 1. The van der Waals surface area contributed by atoms with E-state index in [1.54, 1.807) is 0 Å². The number of aryl methyl sites for hydroxylation is 1. The largest absolute Gasteiger partial charge is 0.359 e. The highest BCUT2D eigenvalue weighted by molar-refractivity contribution is 5.82. The minimum Gasteiger partial charge on any atom is -0.359 e. The van der Waals surface area contributed by atoms with Crippen molar-refractivity contribution in [2.45, 2.75) is 57.9 Å². The number of piperidine rings is 1. The molecule has 0 radical (unpaired) electrons. The first-order valence-corrected chi connectivity index (χ1v) is 9.66. The summed E-state index contributed by atoms with van der Waals surface area (Å²) < 4.78 is 5.41. The van der Waals surface area contributed by atoms with Gasteiger partial charge in [0.05, 0.1) is 11.7 Å². The molecule has 6 heteroatoms. The Hall–Kier alpha value is -1.85. The molecular formula is C19H27N3O3. The van der Waals surface area contributed by atoms with E-state index in [4.69, 9.17) is 4.52 Å². The summed E-state index contributed by atoms with van der Waals surface area (Å²) in [4.78, 5) is 29.4. The van der Waals surface area contributed by atoms with Crippen LogP contribution in [0.4, 0.5) is 0 Å². The van der Waals surface area contributed by atoms with E-state index in [0.717, 1.165) is 69.6 Å². The van der Waals surface area contributed by atoms with Gasteiger partial charge in [-0.15, -0.1) is 0 Å². The minimum atomic E-state index is 0.0309. The molecule has 136 valence electrons. The lowest BCUT2D eigenvalue weighted by molar-refractivity contribution is -0.144. The summed E-state index contributed by atoms with van der Waals surface area (Å²) in [6.07, 6.45) is 6.80. The molecule has 0 unspecified atom stereocenters. The van der Waals surface area contributed by atoms with E-state index in [9.17, 15) is 9.59 Å². The second kappa shape index (κ2) is 6.81. The predicted octanol–water partition coefficient (Wildman–Crippen LogP) is 2.69. The van der Waals surface area contributed by atoms with E-state index in [0.29, 0.717) is 5.91 Å². The van der Waals surface area contributed by atoms with Gasteiger partial charge in [0.25, 0.3) is 0 Å². The van der Waals surface area contributed by atoms with Crippen LogP contribution in [0.5, 0.6) is 0 Å². The molecule has 1 aromatic rings. The Morgan fingerprint density at radius 1 is 1.00 bits per heavy atom.